The number of hydrazone groups is 1. The van der Waals surface area contributed by atoms with E-state index in [2.05, 4.69) is 10.5 Å². The number of fused-ring (bicyclic) bond motifs is 1. The summed E-state index contributed by atoms with van der Waals surface area (Å²) in [6.07, 6.45) is 2.57. The van der Waals surface area contributed by atoms with Crippen LogP contribution in [0.1, 0.15) is 52.2 Å². The van der Waals surface area contributed by atoms with Crippen molar-refractivity contribution >= 4 is 29.4 Å². The highest BCUT2D eigenvalue weighted by Gasteiger charge is 2.31. The van der Waals surface area contributed by atoms with Crippen LogP contribution in [0.25, 0.3) is 0 Å². The fourth-order valence-corrected chi connectivity index (χ4v) is 3.10. The number of nitrogens with one attached hydrogen (secondary N) is 1. The number of likely N-dealkylation sites (N-methyl/N-ethyl adjacent to an activating group) is 1. The SMILES string of the molecule is CC.CCCN(CCN(C)c1cc(Cl)cc2c1C=NNC2)C(=O)C(C)(C)F. The van der Waals surface area contributed by atoms with Crippen LogP contribution in [-0.2, 0) is 11.3 Å². The maximum atomic E-state index is 14.0. The van der Waals surface area contributed by atoms with Crippen LogP contribution < -0.4 is 10.3 Å². The van der Waals surface area contributed by atoms with Gasteiger partial charge in [0.1, 0.15) is 0 Å². The molecule has 1 amide bonds. The number of hydrogen-bond donors (Lipinski definition) is 1. The molecule has 1 aliphatic rings. The number of benzene rings is 1. The number of anilines is 1. The second-order valence-corrected chi connectivity index (χ2v) is 7.21. The third-order valence-corrected chi connectivity index (χ3v) is 4.39. The molecule has 0 fully saturated rings. The van der Waals surface area contributed by atoms with Gasteiger partial charge in [0.15, 0.2) is 5.67 Å². The number of halogens is 2. The Morgan fingerprint density at radius 2 is 1.96 bits per heavy atom. The molecule has 1 N–H and O–H groups in total. The average molecular weight is 399 g/mol. The topological polar surface area (TPSA) is 47.9 Å². The molecule has 0 saturated heterocycles. The molecule has 2 rings (SSSR count). The number of carbonyl (C=O) groups excluding carboxylic acids is 1. The molecule has 152 valence electrons. The zero-order chi connectivity index (χ0) is 20.6. The predicted octanol–water partition coefficient (Wildman–Crippen LogP) is 4.23. The van der Waals surface area contributed by atoms with Gasteiger partial charge in [0.25, 0.3) is 5.91 Å². The van der Waals surface area contributed by atoms with Crippen LogP contribution >= 0.6 is 11.6 Å². The van der Waals surface area contributed by atoms with Gasteiger partial charge in [-0.2, -0.15) is 5.10 Å². The van der Waals surface area contributed by atoms with Crippen molar-refractivity contribution in [1.82, 2.24) is 10.3 Å². The van der Waals surface area contributed by atoms with Crippen LogP contribution in [0.2, 0.25) is 5.02 Å². The van der Waals surface area contributed by atoms with Gasteiger partial charge in [0.05, 0.1) is 12.8 Å². The molecule has 0 bridgehead atoms. The molecular formula is C20H32ClFN4O. The smallest absolute Gasteiger partial charge is 0.259 e. The highest BCUT2D eigenvalue weighted by atomic mass is 35.5. The molecule has 0 spiro atoms. The van der Waals surface area contributed by atoms with E-state index in [-0.39, 0.29) is 0 Å². The van der Waals surface area contributed by atoms with Gasteiger partial charge in [-0.25, -0.2) is 4.39 Å². The van der Waals surface area contributed by atoms with Crippen molar-refractivity contribution in [2.24, 2.45) is 5.10 Å². The van der Waals surface area contributed by atoms with Crippen molar-refractivity contribution < 1.29 is 9.18 Å². The Bertz CT molecular complexity index is 658. The summed E-state index contributed by atoms with van der Waals surface area (Å²) >= 11 is 6.24. The molecule has 0 radical (unpaired) electrons. The average Bonchev–Trinajstić information content (AvgIpc) is 2.64. The van der Waals surface area contributed by atoms with Crippen LogP contribution in [0, 0.1) is 0 Å². The van der Waals surface area contributed by atoms with Crippen molar-refractivity contribution in [3.05, 3.63) is 28.3 Å². The standard InChI is InChI=1S/C18H26ClFN4O.C2H6/c1-5-6-24(17(25)18(2,3)20)8-7-23(4)16-10-14(19)9-13-11-21-22-12-15(13)16;1-2/h9-10,12,21H,5-8,11H2,1-4H3;1-2H3. The van der Waals surface area contributed by atoms with Crippen molar-refractivity contribution in [1.29, 1.82) is 0 Å². The Morgan fingerprint density at radius 3 is 2.56 bits per heavy atom. The fraction of sp³-hybridized carbons (Fsp3) is 0.600. The summed E-state index contributed by atoms with van der Waals surface area (Å²) < 4.78 is 14.0. The molecular weight excluding hydrogens is 367 g/mol. The lowest BCUT2D eigenvalue weighted by atomic mass is 10.0. The second kappa shape index (κ2) is 10.5. The van der Waals surface area contributed by atoms with Gasteiger partial charge >= 0.3 is 0 Å². The number of hydrogen-bond acceptors (Lipinski definition) is 4. The van der Waals surface area contributed by atoms with E-state index >= 15 is 0 Å². The minimum Gasteiger partial charge on any atom is -0.372 e. The van der Waals surface area contributed by atoms with Crippen LogP contribution in [0.5, 0.6) is 0 Å². The van der Waals surface area contributed by atoms with Crippen LogP contribution in [0.3, 0.4) is 0 Å². The number of carbonyl (C=O) groups is 1. The van der Waals surface area contributed by atoms with Gasteiger partial charge in [0.2, 0.25) is 0 Å². The first-order valence-corrected chi connectivity index (χ1v) is 9.89. The molecule has 0 atom stereocenters. The van der Waals surface area contributed by atoms with Crippen molar-refractivity contribution in [2.45, 2.75) is 53.3 Å². The van der Waals surface area contributed by atoms with Gasteiger partial charge in [-0.3, -0.25) is 4.79 Å². The molecule has 0 aromatic heterocycles. The van der Waals surface area contributed by atoms with Gasteiger partial charge in [-0.15, -0.1) is 0 Å². The molecule has 7 heteroatoms. The highest BCUT2D eigenvalue weighted by Crippen LogP contribution is 2.28. The minimum atomic E-state index is -1.86. The molecule has 1 heterocycles. The normalized spacial score (nSPS) is 12.4. The molecule has 1 aliphatic heterocycles. The van der Waals surface area contributed by atoms with Gasteiger partial charge < -0.3 is 15.2 Å². The fourth-order valence-electron chi connectivity index (χ4n) is 2.86. The van der Waals surface area contributed by atoms with Gasteiger partial charge in [-0.1, -0.05) is 32.4 Å². The number of nitrogens with zero attached hydrogens (tertiary/aromatic N) is 3. The first-order valence-electron chi connectivity index (χ1n) is 9.51. The number of amides is 1. The van der Waals surface area contributed by atoms with Gasteiger partial charge in [-0.05, 0) is 38.0 Å². The summed E-state index contributed by atoms with van der Waals surface area (Å²) in [5, 5.41) is 4.77. The van der Waals surface area contributed by atoms with E-state index in [0.717, 1.165) is 23.2 Å². The third kappa shape index (κ3) is 6.38. The molecule has 0 unspecified atom stereocenters. The van der Waals surface area contributed by atoms with E-state index in [4.69, 9.17) is 11.6 Å². The maximum Gasteiger partial charge on any atom is 0.259 e. The Balaban J connectivity index is 0.00000176. The van der Waals surface area contributed by atoms with Crippen molar-refractivity contribution in [3.8, 4) is 0 Å². The third-order valence-electron chi connectivity index (χ3n) is 4.17. The van der Waals surface area contributed by atoms with E-state index in [1.807, 2.05) is 44.9 Å². The first kappa shape index (κ1) is 23.2. The van der Waals surface area contributed by atoms with Crippen LogP contribution in [0.15, 0.2) is 17.2 Å². The predicted molar refractivity (Wildman–Crippen MR) is 113 cm³/mol. The quantitative estimate of drug-likeness (QED) is 0.747. The van der Waals surface area contributed by atoms with E-state index in [9.17, 15) is 9.18 Å². The van der Waals surface area contributed by atoms with Crippen molar-refractivity contribution in [2.75, 3.05) is 31.6 Å². The summed E-state index contributed by atoms with van der Waals surface area (Å²) in [6, 6.07) is 3.81. The maximum absolute atomic E-state index is 14.0. The number of rotatable bonds is 7. The lowest BCUT2D eigenvalue weighted by Crippen LogP contribution is -2.46. The van der Waals surface area contributed by atoms with E-state index in [1.54, 1.807) is 11.1 Å². The van der Waals surface area contributed by atoms with Gasteiger partial charge in [0, 0.05) is 43.0 Å². The highest BCUT2D eigenvalue weighted by molar-refractivity contribution is 6.31. The lowest BCUT2D eigenvalue weighted by Gasteiger charge is -2.30. The minimum absolute atomic E-state index is 0.452. The monoisotopic (exact) mass is 398 g/mol. The summed E-state index contributed by atoms with van der Waals surface area (Å²) in [7, 11) is 1.94. The largest absolute Gasteiger partial charge is 0.372 e. The Kier molecular flexibility index (Phi) is 9.03. The van der Waals surface area contributed by atoms with Crippen molar-refractivity contribution in [3.63, 3.8) is 0 Å². The number of alkyl halides is 1. The van der Waals surface area contributed by atoms with E-state index in [0.29, 0.717) is 31.2 Å². The first-order chi connectivity index (χ1) is 12.7. The second-order valence-electron chi connectivity index (χ2n) is 6.78. The molecule has 1 aromatic carbocycles. The molecule has 0 aliphatic carbocycles. The summed E-state index contributed by atoms with van der Waals surface area (Å²) in [5.41, 5.74) is 4.12. The van der Waals surface area contributed by atoms with Crippen LogP contribution in [-0.4, -0.2) is 49.4 Å². The molecule has 5 nitrogen and oxygen atoms in total. The van der Waals surface area contributed by atoms with E-state index in [1.165, 1.54) is 13.8 Å². The molecule has 1 aromatic rings. The van der Waals surface area contributed by atoms with E-state index < -0.39 is 11.6 Å². The zero-order valence-electron chi connectivity index (χ0n) is 17.3. The summed E-state index contributed by atoms with van der Waals surface area (Å²) in [4.78, 5) is 15.9. The summed E-state index contributed by atoms with van der Waals surface area (Å²) in [5.74, 6) is -0.471. The Labute approximate surface area is 167 Å². The summed E-state index contributed by atoms with van der Waals surface area (Å²) in [6.45, 7) is 10.8. The zero-order valence-corrected chi connectivity index (χ0v) is 18.0. The Hall–Kier alpha value is -1.82. The molecule has 27 heavy (non-hydrogen) atoms. The van der Waals surface area contributed by atoms with Crippen LogP contribution in [0.4, 0.5) is 10.1 Å². The lowest BCUT2D eigenvalue weighted by molar-refractivity contribution is -0.141. The Morgan fingerprint density at radius 1 is 1.30 bits per heavy atom. The molecule has 0 saturated carbocycles.